The minimum Gasteiger partial charge on any atom is -0.444 e. The number of ether oxygens (including phenoxy) is 1. The van der Waals surface area contributed by atoms with Gasteiger partial charge in [0.1, 0.15) is 11.0 Å². The van der Waals surface area contributed by atoms with Gasteiger partial charge in [-0.25, -0.2) is 4.79 Å². The lowest BCUT2D eigenvalue weighted by molar-refractivity contribution is -0.129. The molecular weight excluding hydrogens is 282 g/mol. The highest BCUT2D eigenvalue weighted by Gasteiger charge is 2.39. The van der Waals surface area contributed by atoms with Crippen molar-refractivity contribution < 1.29 is 14.3 Å². The van der Waals surface area contributed by atoms with E-state index in [0.717, 1.165) is 19.3 Å². The normalized spacial score (nSPS) is 17.2. The molecule has 0 bridgehead atoms. The van der Waals surface area contributed by atoms with Crippen LogP contribution in [0.25, 0.3) is 0 Å². The summed E-state index contributed by atoms with van der Waals surface area (Å²) in [5.74, 6) is -0.174. The maximum absolute atomic E-state index is 12.2. The molecule has 1 saturated carbocycles. The van der Waals surface area contributed by atoms with E-state index in [2.05, 4.69) is 16.7 Å². The fourth-order valence-corrected chi connectivity index (χ4v) is 2.51. The molecule has 2 N–H and O–H groups in total. The topological polar surface area (TPSA) is 91.2 Å². The second kappa shape index (κ2) is 8.02. The first-order valence-corrected chi connectivity index (χ1v) is 7.95. The third kappa shape index (κ3) is 5.92. The van der Waals surface area contributed by atoms with Crippen LogP contribution in [0.5, 0.6) is 0 Å². The highest BCUT2D eigenvalue weighted by Crippen LogP contribution is 2.35. The van der Waals surface area contributed by atoms with Gasteiger partial charge in [0, 0.05) is 13.1 Å². The van der Waals surface area contributed by atoms with Crippen molar-refractivity contribution >= 4 is 12.0 Å². The minimum absolute atomic E-state index is 0.174. The lowest BCUT2D eigenvalue weighted by Crippen LogP contribution is -2.42. The van der Waals surface area contributed by atoms with Crippen LogP contribution >= 0.6 is 0 Å². The monoisotopic (exact) mass is 309 g/mol. The van der Waals surface area contributed by atoms with Gasteiger partial charge in [0.25, 0.3) is 0 Å². The average molecular weight is 309 g/mol. The van der Waals surface area contributed by atoms with E-state index in [4.69, 9.17) is 4.74 Å². The SMILES string of the molecule is CC(C)(C)OC(=O)NCCCNC(=O)C1(C#N)CCCCC1. The maximum atomic E-state index is 12.2. The summed E-state index contributed by atoms with van der Waals surface area (Å²) in [5, 5.41) is 14.8. The number of hydrogen-bond acceptors (Lipinski definition) is 4. The summed E-state index contributed by atoms with van der Waals surface area (Å²) in [6, 6.07) is 2.20. The van der Waals surface area contributed by atoms with Gasteiger partial charge < -0.3 is 15.4 Å². The van der Waals surface area contributed by atoms with Crippen LogP contribution in [0.2, 0.25) is 0 Å². The summed E-state index contributed by atoms with van der Waals surface area (Å²) in [6.45, 7) is 6.28. The minimum atomic E-state index is -0.850. The van der Waals surface area contributed by atoms with Crippen molar-refractivity contribution in [2.75, 3.05) is 13.1 Å². The molecule has 0 spiro atoms. The molecule has 6 heteroatoms. The number of alkyl carbamates (subject to hydrolysis) is 1. The summed E-state index contributed by atoms with van der Waals surface area (Å²) in [5.41, 5.74) is -1.37. The summed E-state index contributed by atoms with van der Waals surface area (Å²) >= 11 is 0. The van der Waals surface area contributed by atoms with Crippen molar-refractivity contribution in [2.45, 2.75) is 64.9 Å². The fourth-order valence-electron chi connectivity index (χ4n) is 2.51. The lowest BCUT2D eigenvalue weighted by Gasteiger charge is -2.29. The molecule has 1 fully saturated rings. The van der Waals surface area contributed by atoms with E-state index in [1.165, 1.54) is 0 Å². The Morgan fingerprint density at radius 2 is 1.73 bits per heavy atom. The number of nitriles is 1. The van der Waals surface area contributed by atoms with E-state index in [-0.39, 0.29) is 5.91 Å². The van der Waals surface area contributed by atoms with Crippen molar-refractivity contribution in [3.63, 3.8) is 0 Å². The van der Waals surface area contributed by atoms with Gasteiger partial charge in [0.05, 0.1) is 6.07 Å². The summed E-state index contributed by atoms with van der Waals surface area (Å²) in [4.78, 5) is 23.6. The van der Waals surface area contributed by atoms with Gasteiger partial charge in [0.2, 0.25) is 5.91 Å². The highest BCUT2D eigenvalue weighted by atomic mass is 16.6. The van der Waals surface area contributed by atoms with Crippen molar-refractivity contribution in [1.82, 2.24) is 10.6 Å². The Bertz CT molecular complexity index is 429. The van der Waals surface area contributed by atoms with Crippen LogP contribution in [-0.2, 0) is 9.53 Å². The molecule has 0 aromatic heterocycles. The zero-order chi connectivity index (χ0) is 16.6. The first-order valence-electron chi connectivity index (χ1n) is 7.95. The maximum Gasteiger partial charge on any atom is 0.407 e. The predicted molar refractivity (Wildman–Crippen MR) is 83.0 cm³/mol. The van der Waals surface area contributed by atoms with E-state index in [1.807, 2.05) is 0 Å². The molecular formula is C16H27N3O3. The zero-order valence-electron chi connectivity index (χ0n) is 13.8. The van der Waals surface area contributed by atoms with Gasteiger partial charge in [-0.1, -0.05) is 19.3 Å². The number of hydrogen-bond donors (Lipinski definition) is 2. The van der Waals surface area contributed by atoms with E-state index < -0.39 is 17.1 Å². The number of nitrogens with one attached hydrogen (secondary N) is 2. The van der Waals surface area contributed by atoms with Gasteiger partial charge in [-0.3, -0.25) is 4.79 Å². The molecule has 0 aromatic carbocycles. The third-order valence-electron chi connectivity index (χ3n) is 3.66. The molecule has 1 aliphatic carbocycles. The number of amides is 2. The fraction of sp³-hybridized carbons (Fsp3) is 0.812. The second-order valence-corrected chi connectivity index (χ2v) is 6.79. The van der Waals surface area contributed by atoms with Gasteiger partial charge in [-0.15, -0.1) is 0 Å². The number of carbonyl (C=O) groups is 2. The van der Waals surface area contributed by atoms with Crippen LogP contribution in [-0.4, -0.2) is 30.7 Å². The molecule has 1 rings (SSSR count). The molecule has 0 saturated heterocycles. The van der Waals surface area contributed by atoms with Gasteiger partial charge in [0.15, 0.2) is 0 Å². The Hall–Kier alpha value is -1.77. The standard InChI is InChI=1S/C16H27N3O3/c1-15(2,3)22-14(21)19-11-7-10-18-13(20)16(12-17)8-5-4-6-9-16/h4-11H2,1-3H3,(H,18,20)(H,19,21). The van der Waals surface area contributed by atoms with Gasteiger partial charge in [-0.05, 0) is 40.0 Å². The summed E-state index contributed by atoms with van der Waals surface area (Å²) in [6.07, 6.45) is 4.39. The van der Waals surface area contributed by atoms with Crippen molar-refractivity contribution in [2.24, 2.45) is 5.41 Å². The Morgan fingerprint density at radius 3 is 2.27 bits per heavy atom. The average Bonchev–Trinajstić information content (AvgIpc) is 2.45. The summed E-state index contributed by atoms with van der Waals surface area (Å²) < 4.78 is 5.11. The molecule has 0 aromatic rings. The van der Waals surface area contributed by atoms with Crippen LogP contribution in [0.1, 0.15) is 59.3 Å². The van der Waals surface area contributed by atoms with Crippen LogP contribution in [0, 0.1) is 16.7 Å². The molecule has 0 heterocycles. The van der Waals surface area contributed by atoms with Crippen LogP contribution < -0.4 is 10.6 Å². The molecule has 2 amide bonds. The van der Waals surface area contributed by atoms with E-state index in [0.29, 0.717) is 32.4 Å². The molecule has 6 nitrogen and oxygen atoms in total. The largest absolute Gasteiger partial charge is 0.444 e. The second-order valence-electron chi connectivity index (χ2n) is 6.79. The van der Waals surface area contributed by atoms with E-state index in [9.17, 15) is 14.9 Å². The number of nitrogens with zero attached hydrogens (tertiary/aromatic N) is 1. The van der Waals surface area contributed by atoms with E-state index in [1.54, 1.807) is 20.8 Å². The molecule has 0 radical (unpaired) electrons. The quantitative estimate of drug-likeness (QED) is 0.763. The van der Waals surface area contributed by atoms with Crippen molar-refractivity contribution in [3.05, 3.63) is 0 Å². The first-order chi connectivity index (χ1) is 10.3. The first kappa shape index (κ1) is 18.3. The Kier molecular flexibility index (Phi) is 6.66. The lowest BCUT2D eigenvalue weighted by atomic mass is 9.74. The molecule has 0 atom stereocenters. The molecule has 0 unspecified atom stereocenters. The zero-order valence-corrected chi connectivity index (χ0v) is 13.8. The molecule has 22 heavy (non-hydrogen) atoms. The van der Waals surface area contributed by atoms with E-state index >= 15 is 0 Å². The van der Waals surface area contributed by atoms with Crippen LogP contribution in [0.3, 0.4) is 0 Å². The van der Waals surface area contributed by atoms with Crippen LogP contribution in [0.15, 0.2) is 0 Å². The molecule has 1 aliphatic rings. The number of carbonyl (C=O) groups excluding carboxylic acids is 2. The highest BCUT2D eigenvalue weighted by molar-refractivity contribution is 5.85. The third-order valence-corrected chi connectivity index (χ3v) is 3.66. The van der Waals surface area contributed by atoms with Crippen molar-refractivity contribution in [1.29, 1.82) is 5.26 Å². The Morgan fingerprint density at radius 1 is 1.14 bits per heavy atom. The Balaban J connectivity index is 2.23. The van der Waals surface area contributed by atoms with Crippen molar-refractivity contribution in [3.8, 4) is 6.07 Å². The Labute approximate surface area is 132 Å². The number of rotatable bonds is 5. The predicted octanol–water partition coefficient (Wildman–Crippen LogP) is 2.49. The van der Waals surface area contributed by atoms with Crippen LogP contribution in [0.4, 0.5) is 4.79 Å². The molecule has 0 aliphatic heterocycles. The molecule has 124 valence electrons. The van der Waals surface area contributed by atoms with Gasteiger partial charge >= 0.3 is 6.09 Å². The van der Waals surface area contributed by atoms with Gasteiger partial charge in [-0.2, -0.15) is 5.26 Å². The summed E-state index contributed by atoms with van der Waals surface area (Å²) in [7, 11) is 0. The smallest absolute Gasteiger partial charge is 0.407 e.